The SMILES string of the molecule is CCC(=O)Nc1cc(S(=O)(=O)N2CCCCCC2)ccc1OC. The smallest absolute Gasteiger partial charge is 0.243 e. The summed E-state index contributed by atoms with van der Waals surface area (Å²) in [5.74, 6) is 0.259. The molecule has 1 fully saturated rings. The highest BCUT2D eigenvalue weighted by atomic mass is 32.2. The van der Waals surface area contributed by atoms with Gasteiger partial charge >= 0.3 is 0 Å². The molecule has 0 saturated carbocycles. The van der Waals surface area contributed by atoms with E-state index in [0.29, 0.717) is 30.9 Å². The third-order valence-electron chi connectivity index (χ3n) is 3.97. The maximum Gasteiger partial charge on any atom is 0.243 e. The Kier molecular flexibility index (Phi) is 6.01. The minimum absolute atomic E-state index is 0.187. The van der Waals surface area contributed by atoms with Crippen molar-refractivity contribution in [3.63, 3.8) is 0 Å². The Labute approximate surface area is 137 Å². The number of carbonyl (C=O) groups is 1. The molecule has 2 rings (SSSR count). The number of methoxy groups -OCH3 is 1. The summed E-state index contributed by atoms with van der Waals surface area (Å²) >= 11 is 0. The van der Waals surface area contributed by atoms with E-state index in [-0.39, 0.29) is 10.8 Å². The number of rotatable bonds is 5. The predicted molar refractivity (Wildman–Crippen MR) is 89.1 cm³/mol. The first-order chi connectivity index (χ1) is 11.0. The first-order valence-electron chi connectivity index (χ1n) is 7.97. The second-order valence-corrected chi connectivity index (χ2v) is 7.52. The molecular formula is C16H24N2O4S. The zero-order valence-corrected chi connectivity index (χ0v) is 14.5. The van der Waals surface area contributed by atoms with Gasteiger partial charge in [0.05, 0.1) is 17.7 Å². The molecule has 1 aliphatic rings. The van der Waals surface area contributed by atoms with Crippen molar-refractivity contribution in [3.05, 3.63) is 18.2 Å². The summed E-state index contributed by atoms with van der Waals surface area (Å²) in [6.07, 6.45) is 4.20. The maximum atomic E-state index is 12.8. The van der Waals surface area contributed by atoms with E-state index >= 15 is 0 Å². The molecule has 6 nitrogen and oxygen atoms in total. The number of carbonyl (C=O) groups excluding carboxylic acids is 1. The van der Waals surface area contributed by atoms with E-state index in [2.05, 4.69) is 5.32 Å². The van der Waals surface area contributed by atoms with Crippen molar-refractivity contribution in [1.82, 2.24) is 4.31 Å². The zero-order chi connectivity index (χ0) is 16.9. The van der Waals surface area contributed by atoms with Crippen LogP contribution in [0.4, 0.5) is 5.69 Å². The number of hydrogen-bond acceptors (Lipinski definition) is 4. The molecule has 0 aliphatic carbocycles. The molecule has 7 heteroatoms. The summed E-state index contributed by atoms with van der Waals surface area (Å²) in [6, 6.07) is 4.59. The number of benzene rings is 1. The van der Waals surface area contributed by atoms with E-state index < -0.39 is 10.0 Å². The highest BCUT2D eigenvalue weighted by Crippen LogP contribution is 2.29. The topological polar surface area (TPSA) is 75.7 Å². The molecule has 23 heavy (non-hydrogen) atoms. The lowest BCUT2D eigenvalue weighted by Gasteiger charge is -2.21. The molecule has 1 saturated heterocycles. The Morgan fingerprint density at radius 2 is 1.87 bits per heavy atom. The molecule has 1 N–H and O–H groups in total. The molecule has 0 radical (unpaired) electrons. The van der Waals surface area contributed by atoms with Gasteiger partial charge in [-0.25, -0.2) is 8.42 Å². The van der Waals surface area contributed by atoms with Crippen LogP contribution in [-0.4, -0.2) is 38.8 Å². The van der Waals surface area contributed by atoms with Crippen LogP contribution < -0.4 is 10.1 Å². The minimum atomic E-state index is -3.55. The fourth-order valence-electron chi connectivity index (χ4n) is 2.61. The first-order valence-corrected chi connectivity index (χ1v) is 9.41. The summed E-state index contributed by atoms with van der Waals surface area (Å²) in [4.78, 5) is 11.8. The third-order valence-corrected chi connectivity index (χ3v) is 5.86. The van der Waals surface area contributed by atoms with Crippen LogP contribution in [0, 0.1) is 0 Å². The Morgan fingerprint density at radius 1 is 1.22 bits per heavy atom. The number of amides is 1. The second kappa shape index (κ2) is 7.79. The number of ether oxygens (including phenoxy) is 1. The molecule has 0 bridgehead atoms. The van der Waals surface area contributed by atoms with Crippen LogP contribution >= 0.6 is 0 Å². The number of nitrogens with zero attached hydrogens (tertiary/aromatic N) is 1. The average Bonchev–Trinajstić information content (AvgIpc) is 2.84. The fraction of sp³-hybridized carbons (Fsp3) is 0.562. The van der Waals surface area contributed by atoms with Gasteiger partial charge in [-0.15, -0.1) is 0 Å². The third kappa shape index (κ3) is 4.23. The molecule has 1 aromatic rings. The van der Waals surface area contributed by atoms with Crippen molar-refractivity contribution < 1.29 is 17.9 Å². The Balaban J connectivity index is 2.34. The van der Waals surface area contributed by atoms with Gasteiger partial charge in [-0.1, -0.05) is 19.8 Å². The van der Waals surface area contributed by atoms with Gasteiger partial charge in [0.2, 0.25) is 15.9 Å². The summed E-state index contributed by atoms with van der Waals surface area (Å²) in [6.45, 7) is 2.83. The van der Waals surface area contributed by atoms with Crippen molar-refractivity contribution in [3.8, 4) is 5.75 Å². The van der Waals surface area contributed by atoms with Gasteiger partial charge < -0.3 is 10.1 Å². The number of nitrogens with one attached hydrogen (secondary N) is 1. The monoisotopic (exact) mass is 340 g/mol. The highest BCUT2D eigenvalue weighted by molar-refractivity contribution is 7.89. The number of anilines is 1. The van der Waals surface area contributed by atoms with Crippen molar-refractivity contribution in [1.29, 1.82) is 0 Å². The van der Waals surface area contributed by atoms with Crippen LogP contribution in [0.15, 0.2) is 23.1 Å². The molecule has 1 aliphatic heterocycles. The van der Waals surface area contributed by atoms with Gasteiger partial charge in [0.1, 0.15) is 5.75 Å². The standard InChI is InChI=1S/C16H24N2O4S/c1-3-16(19)17-14-12-13(8-9-15(14)22-2)23(20,21)18-10-6-4-5-7-11-18/h8-9,12H,3-7,10-11H2,1-2H3,(H,17,19). The van der Waals surface area contributed by atoms with Crippen LogP contribution in [0.5, 0.6) is 5.75 Å². The van der Waals surface area contributed by atoms with Crippen molar-refractivity contribution in [2.24, 2.45) is 0 Å². The van der Waals surface area contributed by atoms with Gasteiger partial charge in [0.15, 0.2) is 0 Å². The summed E-state index contributed by atoms with van der Waals surface area (Å²) in [5.41, 5.74) is 0.384. The molecule has 0 atom stereocenters. The van der Waals surface area contributed by atoms with E-state index in [1.54, 1.807) is 13.0 Å². The van der Waals surface area contributed by atoms with Crippen LogP contribution in [0.25, 0.3) is 0 Å². The van der Waals surface area contributed by atoms with Gasteiger partial charge in [-0.2, -0.15) is 4.31 Å². The summed E-state index contributed by atoms with van der Waals surface area (Å²) in [7, 11) is -2.06. The number of sulfonamides is 1. The van der Waals surface area contributed by atoms with Crippen molar-refractivity contribution >= 4 is 21.6 Å². The molecular weight excluding hydrogens is 316 g/mol. The van der Waals surface area contributed by atoms with Crippen LogP contribution in [0.1, 0.15) is 39.0 Å². The normalized spacial score (nSPS) is 16.6. The summed E-state index contributed by atoms with van der Waals surface area (Å²) in [5, 5.41) is 2.69. The predicted octanol–water partition coefficient (Wildman–Crippen LogP) is 2.61. The van der Waals surface area contributed by atoms with Gasteiger partial charge in [0.25, 0.3) is 0 Å². The lowest BCUT2D eigenvalue weighted by Crippen LogP contribution is -2.32. The molecule has 0 spiro atoms. The van der Waals surface area contributed by atoms with Gasteiger partial charge in [0, 0.05) is 19.5 Å². The molecule has 1 aromatic carbocycles. The first kappa shape index (κ1) is 17.7. The van der Waals surface area contributed by atoms with Crippen LogP contribution in [0.2, 0.25) is 0 Å². The minimum Gasteiger partial charge on any atom is -0.495 e. The van der Waals surface area contributed by atoms with E-state index in [0.717, 1.165) is 25.7 Å². The van der Waals surface area contributed by atoms with Crippen LogP contribution in [-0.2, 0) is 14.8 Å². The average molecular weight is 340 g/mol. The Hall–Kier alpha value is -1.60. The van der Waals surface area contributed by atoms with Gasteiger partial charge in [-0.3, -0.25) is 4.79 Å². The summed E-state index contributed by atoms with van der Waals surface area (Å²) < 4.78 is 32.4. The molecule has 0 unspecified atom stereocenters. The fourth-order valence-corrected chi connectivity index (χ4v) is 4.16. The Bertz CT molecular complexity index is 650. The van der Waals surface area contributed by atoms with E-state index in [1.165, 1.54) is 23.5 Å². The lowest BCUT2D eigenvalue weighted by molar-refractivity contribution is -0.115. The van der Waals surface area contributed by atoms with E-state index in [4.69, 9.17) is 4.74 Å². The van der Waals surface area contributed by atoms with Crippen molar-refractivity contribution in [2.75, 3.05) is 25.5 Å². The van der Waals surface area contributed by atoms with Crippen molar-refractivity contribution in [2.45, 2.75) is 43.9 Å². The number of hydrogen-bond donors (Lipinski definition) is 1. The molecule has 1 heterocycles. The van der Waals surface area contributed by atoms with Gasteiger partial charge in [-0.05, 0) is 31.0 Å². The van der Waals surface area contributed by atoms with Crippen LogP contribution in [0.3, 0.4) is 0 Å². The largest absolute Gasteiger partial charge is 0.495 e. The lowest BCUT2D eigenvalue weighted by atomic mass is 10.2. The maximum absolute atomic E-state index is 12.8. The molecule has 128 valence electrons. The van der Waals surface area contributed by atoms with E-state index in [9.17, 15) is 13.2 Å². The quantitative estimate of drug-likeness (QED) is 0.894. The molecule has 0 aromatic heterocycles. The Morgan fingerprint density at radius 3 is 2.43 bits per heavy atom. The zero-order valence-electron chi connectivity index (χ0n) is 13.7. The second-order valence-electron chi connectivity index (χ2n) is 5.58. The molecule has 1 amide bonds. The van der Waals surface area contributed by atoms with E-state index in [1.807, 2.05) is 0 Å². The highest BCUT2D eigenvalue weighted by Gasteiger charge is 2.26.